The summed E-state index contributed by atoms with van der Waals surface area (Å²) in [5, 5.41) is 19.2. The van der Waals surface area contributed by atoms with E-state index in [4.69, 9.17) is 33.7 Å². The number of ether oxygens (including phenoxy) is 2. The number of fused-ring (bicyclic) bond motifs is 3. The Bertz CT molecular complexity index is 3950. The van der Waals surface area contributed by atoms with Gasteiger partial charge in [0, 0.05) is 34.7 Å². The molecule has 77 heavy (non-hydrogen) atoms. The molecule has 0 radical (unpaired) electrons. The number of anilines is 1. The number of rotatable bonds is 19. The number of hydrogen-bond donors (Lipinski definition) is 2. The van der Waals surface area contributed by atoms with Crippen LogP contribution in [-0.4, -0.2) is 70.3 Å². The van der Waals surface area contributed by atoms with Gasteiger partial charge >= 0.3 is 29.6 Å². The van der Waals surface area contributed by atoms with Crippen molar-refractivity contribution in [2.24, 2.45) is 5.34 Å². The van der Waals surface area contributed by atoms with E-state index in [0.717, 1.165) is 27.2 Å². The Hall–Kier alpha value is -6.73. The first-order valence-electron chi connectivity index (χ1n) is 23.3. The Morgan fingerprint density at radius 1 is 0.545 bits per heavy atom. The molecule has 9 rings (SSSR count). The maximum absolute atomic E-state index is 13.6. The number of H-pyrrole nitrogens is 1. The van der Waals surface area contributed by atoms with Crippen LogP contribution in [0.2, 0.25) is 0 Å². The molecule has 9 aromatic rings. The van der Waals surface area contributed by atoms with Gasteiger partial charge in [0.2, 0.25) is 9.84 Å². The average molecular weight is 1130 g/mol. The van der Waals surface area contributed by atoms with Crippen LogP contribution in [0.5, 0.6) is 11.5 Å². The minimum atomic E-state index is -3.90. The maximum Gasteiger partial charge on any atom is 1.00 e. The van der Waals surface area contributed by atoms with Crippen LogP contribution >= 0.6 is 0 Å². The number of nitrogens with two attached hydrogens (primary N) is 1. The molecular formula is C54H51N4NaO14S4. The van der Waals surface area contributed by atoms with Crippen molar-refractivity contribution >= 4 is 78.0 Å². The molecule has 0 spiro atoms. The van der Waals surface area contributed by atoms with E-state index in [1.165, 1.54) is 24.3 Å². The Morgan fingerprint density at radius 3 is 1.53 bits per heavy atom. The van der Waals surface area contributed by atoms with Crippen molar-refractivity contribution < 1.29 is 81.1 Å². The summed E-state index contributed by atoms with van der Waals surface area (Å²) in [6.07, 6.45) is 0.634. The third-order valence-corrected chi connectivity index (χ3v) is 17.7. The second-order valence-corrected chi connectivity index (χ2v) is 24.0. The zero-order valence-electron chi connectivity index (χ0n) is 41.9. The van der Waals surface area contributed by atoms with Crippen LogP contribution in [0.3, 0.4) is 0 Å². The average Bonchev–Trinajstić information content (AvgIpc) is 3.87. The van der Waals surface area contributed by atoms with Gasteiger partial charge in [-0.1, -0.05) is 108 Å². The van der Waals surface area contributed by atoms with Crippen molar-refractivity contribution in [2.45, 2.75) is 57.0 Å². The fourth-order valence-electron chi connectivity index (χ4n) is 7.73. The molecule has 0 aliphatic carbocycles. The Kier molecular flexibility index (Phi) is 20.5. The van der Waals surface area contributed by atoms with Gasteiger partial charge in [0.15, 0.2) is 14.9 Å². The van der Waals surface area contributed by atoms with Crippen LogP contribution in [0.25, 0.3) is 32.4 Å². The molecule has 0 fully saturated rings. The number of benzene rings is 8. The molecule has 396 valence electrons. The molecule has 18 nitrogen and oxygen atoms in total. The summed E-state index contributed by atoms with van der Waals surface area (Å²) in [5.74, 6) is 0.598. The quantitative estimate of drug-likeness (QED) is 0.0203. The normalized spacial score (nSPS) is 11.7. The van der Waals surface area contributed by atoms with Crippen LogP contribution in [0.1, 0.15) is 29.5 Å². The van der Waals surface area contributed by atoms with Crippen molar-refractivity contribution in [3.63, 3.8) is 0 Å². The molecule has 0 saturated carbocycles. The second-order valence-electron chi connectivity index (χ2n) is 17.0. The van der Waals surface area contributed by atoms with E-state index in [0.29, 0.717) is 57.3 Å². The molecule has 23 heteroatoms. The van der Waals surface area contributed by atoms with E-state index in [-0.39, 0.29) is 86.3 Å². The summed E-state index contributed by atoms with van der Waals surface area (Å²) in [6, 6.07) is 47.6. The van der Waals surface area contributed by atoms with Crippen LogP contribution < -0.4 is 44.8 Å². The largest absolute Gasteiger partial charge is 1.00 e. The molecular weight excluding hydrogens is 1080 g/mol. The first-order chi connectivity index (χ1) is 36.3. The summed E-state index contributed by atoms with van der Waals surface area (Å²) in [7, 11) is -15.3. The number of aromatic amines is 1. The van der Waals surface area contributed by atoms with E-state index >= 15 is 0 Å². The molecule has 0 bridgehead atoms. The van der Waals surface area contributed by atoms with Gasteiger partial charge < -0.3 is 25.3 Å². The number of nitrogens with zero attached hydrogens (tertiary/aromatic N) is 2. The fraction of sp³-hybridized carbons (Fsp3) is 0.167. The number of nitrogens with one attached hydrogen (secondary N) is 1. The SMILES string of the molecule is Cc1ccc(S(=O)(=O)OCCCOc2ccc(N)c(CS(=O)(=O)c3cccc4ccccc34)c2)cc1.Cc1ccc(S(=O)(=O)OCCCOc2ccc3n[nH]c(S(=O)(=O)c4cccc5ccccc45)c3c2)cc1.O=N[O-].[Na+]. The molecule has 0 atom stereocenters. The van der Waals surface area contributed by atoms with Crippen LogP contribution in [-0.2, 0) is 54.0 Å². The number of hydrogen-bond acceptors (Lipinski definition) is 17. The number of sulfone groups is 2. The van der Waals surface area contributed by atoms with Gasteiger partial charge in [0.1, 0.15) is 11.5 Å². The summed E-state index contributed by atoms with van der Waals surface area (Å²) in [4.78, 5) is 8.64. The van der Waals surface area contributed by atoms with Crippen LogP contribution in [0.4, 0.5) is 5.69 Å². The van der Waals surface area contributed by atoms with Crippen molar-refractivity contribution in [3.05, 3.63) is 197 Å². The van der Waals surface area contributed by atoms with Gasteiger partial charge in [-0.3, -0.25) is 13.5 Å². The van der Waals surface area contributed by atoms with E-state index in [2.05, 4.69) is 10.2 Å². The zero-order valence-corrected chi connectivity index (χ0v) is 47.2. The van der Waals surface area contributed by atoms with Gasteiger partial charge in [-0.2, -0.15) is 21.9 Å². The van der Waals surface area contributed by atoms with Gasteiger partial charge in [-0.25, -0.2) is 16.8 Å². The number of aromatic nitrogens is 2. The summed E-state index contributed by atoms with van der Waals surface area (Å²) >= 11 is 0. The summed E-state index contributed by atoms with van der Waals surface area (Å²) in [6.45, 7) is 4.01. The summed E-state index contributed by atoms with van der Waals surface area (Å²) < 4.78 is 124. The Balaban J connectivity index is 0.000000235. The smallest absolute Gasteiger partial charge is 0.493 e. The van der Waals surface area contributed by atoms with Crippen molar-refractivity contribution in [3.8, 4) is 11.5 Å². The molecule has 0 unspecified atom stereocenters. The first kappa shape index (κ1) is 59.5. The van der Waals surface area contributed by atoms with Crippen LogP contribution in [0.15, 0.2) is 200 Å². The van der Waals surface area contributed by atoms with Crippen molar-refractivity contribution in [1.29, 1.82) is 0 Å². The second kappa shape index (κ2) is 26.6. The molecule has 0 aliphatic heterocycles. The van der Waals surface area contributed by atoms with Gasteiger partial charge in [-0.15, -0.1) is 5.34 Å². The predicted octanol–water partition coefficient (Wildman–Crippen LogP) is 7.17. The predicted molar refractivity (Wildman–Crippen MR) is 289 cm³/mol. The van der Waals surface area contributed by atoms with E-state index < -0.39 is 39.9 Å². The topological polar surface area (TPSA) is 281 Å². The number of aryl methyl sites for hydroxylation is 2. The van der Waals surface area contributed by atoms with E-state index in [1.54, 1.807) is 109 Å². The van der Waals surface area contributed by atoms with Crippen molar-refractivity contribution in [1.82, 2.24) is 10.2 Å². The zero-order chi connectivity index (χ0) is 54.5. The maximum atomic E-state index is 13.6. The van der Waals surface area contributed by atoms with Gasteiger partial charge in [0.05, 0.1) is 57.3 Å². The van der Waals surface area contributed by atoms with Crippen molar-refractivity contribution in [2.75, 3.05) is 32.2 Å². The minimum Gasteiger partial charge on any atom is -0.493 e. The Morgan fingerprint density at radius 2 is 1.00 bits per heavy atom. The van der Waals surface area contributed by atoms with Crippen LogP contribution in [0, 0.1) is 24.0 Å². The van der Waals surface area contributed by atoms with E-state index in [1.807, 2.05) is 50.2 Å². The van der Waals surface area contributed by atoms with E-state index in [9.17, 15) is 33.7 Å². The molecule has 0 amide bonds. The van der Waals surface area contributed by atoms with Gasteiger partial charge in [-0.05, 0) is 103 Å². The first-order valence-corrected chi connectivity index (χ1v) is 29.2. The molecule has 0 saturated heterocycles. The third kappa shape index (κ3) is 15.3. The standard InChI is InChI=1S/C27H24N2O6S2.C27H27NO6S2.HNO2.Na/c1-19-10-13-22(14-11-19)37(32,33)35-17-5-16-34-21-12-15-25-24(18-21)27(29-28-25)36(30,31)26-9-4-7-20-6-2-3-8-23(20)26;1-20-10-13-24(14-11-20)36(31,32)34-17-5-16-33-23-12-15-26(28)22(18-23)19-35(29,30)27-9-4-7-21-6-2-3-8-25(21)27;2-1-3;/h2-4,6-15,18H,5,16-17H2,1H3,(H,28,29);2-4,6-15,18H,5,16-17,19,28H2,1H3;(H,2,3);/q;;;+1/p-1. The Labute approximate surface area is 468 Å². The minimum absolute atomic E-state index is 0. The van der Waals surface area contributed by atoms with Gasteiger partial charge in [0.25, 0.3) is 20.2 Å². The molecule has 1 aromatic heterocycles. The molecule has 8 aromatic carbocycles. The molecule has 3 N–H and O–H groups in total. The summed E-state index contributed by atoms with van der Waals surface area (Å²) in [5.41, 5.74) is 9.24. The molecule has 0 aliphatic rings. The monoisotopic (exact) mass is 1130 g/mol. The molecule has 1 heterocycles. The number of nitrogen functional groups attached to an aromatic ring is 1. The third-order valence-electron chi connectivity index (χ3n) is 11.6. The fourth-order valence-corrected chi connectivity index (χ4v) is 12.8.